The van der Waals surface area contributed by atoms with Crippen LogP contribution < -0.4 is 9.62 Å². The monoisotopic (exact) mass is 576 g/mol. The zero-order valence-corrected chi connectivity index (χ0v) is 23.1. The van der Waals surface area contributed by atoms with Crippen molar-refractivity contribution in [1.29, 1.82) is 0 Å². The minimum atomic E-state index is -4.67. The first-order valence-corrected chi connectivity index (χ1v) is 15.2. The van der Waals surface area contributed by atoms with Crippen molar-refractivity contribution in [1.82, 2.24) is 9.97 Å². The van der Waals surface area contributed by atoms with E-state index in [0.29, 0.717) is 37.3 Å². The van der Waals surface area contributed by atoms with E-state index in [4.69, 9.17) is 0 Å². The minimum absolute atomic E-state index is 0.00109. The van der Waals surface area contributed by atoms with Crippen LogP contribution in [0.5, 0.6) is 0 Å². The first kappa shape index (κ1) is 29.8. The summed E-state index contributed by atoms with van der Waals surface area (Å²) in [6.07, 6.45) is 3.33. The Bertz CT molecular complexity index is 1380. The molecule has 0 saturated carbocycles. The molecule has 40 heavy (non-hydrogen) atoms. The van der Waals surface area contributed by atoms with Crippen LogP contribution in [-0.2, 0) is 22.6 Å². The topological polar surface area (TPSA) is 95.4 Å². The van der Waals surface area contributed by atoms with E-state index < -0.39 is 21.8 Å². The van der Waals surface area contributed by atoms with Crippen LogP contribution in [0.4, 0.5) is 24.8 Å². The van der Waals surface area contributed by atoms with E-state index >= 15 is 0 Å². The Balaban J connectivity index is 1.76. The van der Waals surface area contributed by atoms with Crippen LogP contribution in [0.1, 0.15) is 62.5 Å². The standard InChI is InChI=1S/C29H35F3N4O3S/c30-29(31,32)24-17-18-25-33-28(24)23-14-8-7-13-22(23)12-6-4-2-1-3-5-9-19-36(20-11-21-37)26-15-10-16-27(34-26)40(38,39)35-25/h7-8,10,13-18,37H,1-6,9,11-12,19-21H2,(H,33,35). The molecule has 0 amide bonds. The van der Waals surface area contributed by atoms with Crippen molar-refractivity contribution >= 4 is 21.7 Å². The van der Waals surface area contributed by atoms with Crippen LogP contribution in [0.3, 0.4) is 0 Å². The Labute approximate surface area is 233 Å². The van der Waals surface area contributed by atoms with E-state index in [1.807, 2.05) is 4.90 Å². The predicted octanol–water partition coefficient (Wildman–Crippen LogP) is 6.44. The average molecular weight is 577 g/mol. The Morgan fingerprint density at radius 1 is 0.875 bits per heavy atom. The summed E-state index contributed by atoms with van der Waals surface area (Å²) < 4.78 is 71.0. The number of nitrogens with one attached hydrogen (secondary N) is 1. The van der Waals surface area contributed by atoms with Crippen LogP contribution in [0.2, 0.25) is 0 Å². The van der Waals surface area contributed by atoms with E-state index in [0.717, 1.165) is 62.6 Å². The van der Waals surface area contributed by atoms with Gasteiger partial charge in [-0.2, -0.15) is 21.6 Å². The number of rotatable bonds is 3. The van der Waals surface area contributed by atoms with E-state index in [2.05, 4.69) is 14.7 Å². The van der Waals surface area contributed by atoms with Crippen LogP contribution in [0.25, 0.3) is 11.3 Å². The summed E-state index contributed by atoms with van der Waals surface area (Å²) in [5.74, 6) is 0.234. The molecule has 0 aliphatic carbocycles. The predicted molar refractivity (Wildman–Crippen MR) is 150 cm³/mol. The number of hydrogen-bond acceptors (Lipinski definition) is 6. The van der Waals surface area contributed by atoms with Gasteiger partial charge in [0.05, 0.1) is 11.3 Å². The average Bonchev–Trinajstić information content (AvgIpc) is 2.92. The molecule has 2 aromatic heterocycles. The molecule has 0 unspecified atom stereocenters. The maximum absolute atomic E-state index is 14.0. The number of alkyl halides is 3. The second-order valence-corrected chi connectivity index (χ2v) is 11.6. The van der Waals surface area contributed by atoms with Gasteiger partial charge in [0.15, 0.2) is 5.03 Å². The van der Waals surface area contributed by atoms with Crippen molar-refractivity contribution < 1.29 is 26.7 Å². The third-order valence-corrected chi connectivity index (χ3v) is 8.24. The maximum Gasteiger partial charge on any atom is 0.418 e. The molecule has 216 valence electrons. The van der Waals surface area contributed by atoms with E-state index in [-0.39, 0.29) is 23.1 Å². The summed E-state index contributed by atoms with van der Waals surface area (Å²) in [5, 5.41) is 9.08. The number of sulfonamides is 1. The van der Waals surface area contributed by atoms with Crippen LogP contribution in [0, 0.1) is 0 Å². The smallest absolute Gasteiger partial charge is 0.396 e. The number of pyridine rings is 2. The fourth-order valence-electron chi connectivity index (χ4n) is 4.94. The van der Waals surface area contributed by atoms with Gasteiger partial charge in [-0.1, -0.05) is 62.4 Å². The summed E-state index contributed by atoms with van der Waals surface area (Å²) in [6.45, 7) is 1.19. The molecule has 4 rings (SSSR count). The lowest BCUT2D eigenvalue weighted by molar-refractivity contribution is -0.137. The highest BCUT2D eigenvalue weighted by molar-refractivity contribution is 7.92. The van der Waals surface area contributed by atoms with Crippen molar-refractivity contribution in [3.63, 3.8) is 0 Å². The van der Waals surface area contributed by atoms with Gasteiger partial charge in [-0.15, -0.1) is 0 Å². The Hall–Kier alpha value is -3.18. The molecule has 7 nitrogen and oxygen atoms in total. The number of aliphatic hydroxyl groups is 1. The summed E-state index contributed by atoms with van der Waals surface area (Å²) in [7, 11) is -4.26. The molecule has 0 fully saturated rings. The van der Waals surface area contributed by atoms with Gasteiger partial charge in [0.1, 0.15) is 11.6 Å². The molecule has 4 bridgehead atoms. The highest BCUT2D eigenvalue weighted by Crippen LogP contribution is 2.38. The number of aliphatic hydroxyl groups excluding tert-OH is 1. The number of fused-ring (bicyclic) bond motifs is 6. The lowest BCUT2D eigenvalue weighted by Crippen LogP contribution is -2.28. The maximum atomic E-state index is 14.0. The molecule has 2 N–H and O–H groups in total. The molecular formula is C29H35F3N4O3S. The minimum Gasteiger partial charge on any atom is -0.396 e. The van der Waals surface area contributed by atoms with Crippen molar-refractivity contribution in [2.24, 2.45) is 0 Å². The number of anilines is 2. The third kappa shape index (κ3) is 7.72. The zero-order chi connectivity index (χ0) is 28.6. The highest BCUT2D eigenvalue weighted by Gasteiger charge is 2.35. The van der Waals surface area contributed by atoms with Gasteiger partial charge in [0.2, 0.25) is 0 Å². The van der Waals surface area contributed by atoms with Gasteiger partial charge in [0.25, 0.3) is 10.0 Å². The van der Waals surface area contributed by atoms with Crippen molar-refractivity contribution in [3.05, 3.63) is 65.7 Å². The molecule has 1 aliphatic rings. The van der Waals surface area contributed by atoms with Gasteiger partial charge in [-0.25, -0.2) is 9.97 Å². The number of halogens is 3. The first-order chi connectivity index (χ1) is 19.2. The van der Waals surface area contributed by atoms with Crippen LogP contribution in [-0.4, -0.2) is 43.2 Å². The Morgan fingerprint density at radius 2 is 1.60 bits per heavy atom. The highest BCUT2D eigenvalue weighted by atomic mass is 32.2. The van der Waals surface area contributed by atoms with E-state index in [1.165, 1.54) is 6.07 Å². The van der Waals surface area contributed by atoms with Crippen LogP contribution in [0.15, 0.2) is 59.6 Å². The van der Waals surface area contributed by atoms with Gasteiger partial charge < -0.3 is 10.0 Å². The summed E-state index contributed by atoms with van der Waals surface area (Å²) in [5.41, 5.74) is -0.156. The Morgan fingerprint density at radius 3 is 2.35 bits per heavy atom. The van der Waals surface area contributed by atoms with E-state index in [1.54, 1.807) is 36.4 Å². The van der Waals surface area contributed by atoms with Crippen molar-refractivity contribution in [3.8, 4) is 11.3 Å². The molecule has 3 aromatic rings. The molecule has 11 heteroatoms. The van der Waals surface area contributed by atoms with Crippen LogP contribution >= 0.6 is 0 Å². The molecule has 3 heterocycles. The number of benzene rings is 1. The van der Waals surface area contributed by atoms with E-state index in [9.17, 15) is 26.7 Å². The molecule has 0 saturated heterocycles. The molecule has 1 aliphatic heterocycles. The fourth-order valence-corrected chi connectivity index (χ4v) is 5.91. The second-order valence-electron chi connectivity index (χ2n) is 9.98. The van der Waals surface area contributed by atoms with Gasteiger partial charge >= 0.3 is 6.18 Å². The van der Waals surface area contributed by atoms with Gasteiger partial charge in [-0.3, -0.25) is 4.72 Å². The fraction of sp³-hybridized carbons (Fsp3) is 0.448. The lowest BCUT2D eigenvalue weighted by atomic mass is 9.96. The SMILES string of the molecule is O=S1(=O)Nc2ccc(C(F)(F)F)c(n2)-c2ccccc2CCCCCCCCCN(CCCO)c2cccc1n2. The van der Waals surface area contributed by atoms with Crippen molar-refractivity contribution in [2.75, 3.05) is 29.3 Å². The molecule has 0 atom stereocenters. The molecule has 0 radical (unpaired) electrons. The van der Waals surface area contributed by atoms with Gasteiger partial charge in [0, 0.05) is 25.3 Å². The quantitative estimate of drug-likeness (QED) is 0.373. The number of hydrogen-bond donors (Lipinski definition) is 2. The normalized spacial score (nSPS) is 16.9. The molecular weight excluding hydrogens is 541 g/mol. The third-order valence-electron chi connectivity index (χ3n) is 6.98. The largest absolute Gasteiger partial charge is 0.418 e. The Kier molecular flexibility index (Phi) is 10.0. The molecule has 1 aromatic carbocycles. The zero-order valence-electron chi connectivity index (χ0n) is 22.3. The van der Waals surface area contributed by atoms with Gasteiger partial charge in [-0.05, 0) is 55.5 Å². The first-order valence-electron chi connectivity index (χ1n) is 13.7. The summed E-state index contributed by atoms with van der Waals surface area (Å²) >= 11 is 0. The second kappa shape index (κ2) is 13.5. The number of aromatic nitrogens is 2. The number of aryl methyl sites for hydroxylation is 1. The number of nitrogens with zero attached hydrogens (tertiary/aromatic N) is 3. The lowest BCUT2D eigenvalue weighted by Gasteiger charge is -2.24. The molecule has 0 spiro atoms. The summed E-state index contributed by atoms with van der Waals surface area (Å²) in [4.78, 5) is 10.5. The summed E-state index contributed by atoms with van der Waals surface area (Å²) in [6, 6.07) is 13.4. The van der Waals surface area contributed by atoms with Crippen molar-refractivity contribution in [2.45, 2.75) is 69.0 Å².